The van der Waals surface area contributed by atoms with Crippen molar-refractivity contribution in [1.29, 1.82) is 0 Å². The van der Waals surface area contributed by atoms with Gasteiger partial charge in [-0.3, -0.25) is 14.4 Å². The van der Waals surface area contributed by atoms with Crippen LogP contribution >= 0.6 is 0 Å². The standard InChI is InChI=1S/C26H42O5/c1-3-4-5-6-7-8-9-10-11-12-13-14-15-16-17-18-22(28)25-23(29)19-20-24(26(25)30)31-21(2)27/h8-9,24,30H,3-7,10-20H2,1-2H3/b9-8-/t24-/m0/s1. The lowest BCUT2D eigenvalue weighted by molar-refractivity contribution is -0.147. The van der Waals surface area contributed by atoms with Gasteiger partial charge >= 0.3 is 5.97 Å². The van der Waals surface area contributed by atoms with Gasteiger partial charge in [0, 0.05) is 19.8 Å². The topological polar surface area (TPSA) is 80.7 Å². The number of aliphatic hydroxyl groups is 1. The third kappa shape index (κ3) is 11.9. The first-order valence-corrected chi connectivity index (χ1v) is 12.3. The van der Waals surface area contributed by atoms with Crippen molar-refractivity contribution < 1.29 is 24.2 Å². The molecule has 1 atom stereocenters. The zero-order valence-corrected chi connectivity index (χ0v) is 19.6. The molecule has 0 aromatic carbocycles. The van der Waals surface area contributed by atoms with Crippen LogP contribution in [0.2, 0.25) is 0 Å². The first-order chi connectivity index (χ1) is 15.0. The fraction of sp³-hybridized carbons (Fsp3) is 0.731. The van der Waals surface area contributed by atoms with E-state index >= 15 is 0 Å². The van der Waals surface area contributed by atoms with E-state index in [1.54, 1.807) is 0 Å². The van der Waals surface area contributed by atoms with Crippen LogP contribution in [0.3, 0.4) is 0 Å². The second-order valence-corrected chi connectivity index (χ2v) is 8.58. The van der Waals surface area contributed by atoms with Crippen molar-refractivity contribution in [1.82, 2.24) is 0 Å². The van der Waals surface area contributed by atoms with E-state index in [-0.39, 0.29) is 42.2 Å². The second kappa shape index (κ2) is 16.7. The van der Waals surface area contributed by atoms with Gasteiger partial charge < -0.3 is 9.84 Å². The summed E-state index contributed by atoms with van der Waals surface area (Å²) in [5, 5.41) is 10.2. The summed E-state index contributed by atoms with van der Waals surface area (Å²) in [6.07, 6.45) is 19.6. The fourth-order valence-corrected chi connectivity index (χ4v) is 3.92. The van der Waals surface area contributed by atoms with Crippen LogP contribution in [0.4, 0.5) is 0 Å². The molecule has 0 aliphatic heterocycles. The van der Waals surface area contributed by atoms with Crippen molar-refractivity contribution in [2.45, 2.75) is 123 Å². The molecule has 5 nitrogen and oxygen atoms in total. The summed E-state index contributed by atoms with van der Waals surface area (Å²) in [5.41, 5.74) is -0.157. The Labute approximate surface area is 188 Å². The summed E-state index contributed by atoms with van der Waals surface area (Å²) in [5.74, 6) is -1.58. The molecule has 0 saturated carbocycles. The molecule has 0 amide bonds. The van der Waals surface area contributed by atoms with Gasteiger partial charge in [0.2, 0.25) is 0 Å². The van der Waals surface area contributed by atoms with Gasteiger partial charge in [0.05, 0.1) is 0 Å². The lowest BCUT2D eigenvalue weighted by atomic mass is 9.89. The normalized spacial score (nSPS) is 16.8. The van der Waals surface area contributed by atoms with Gasteiger partial charge in [0.25, 0.3) is 0 Å². The molecule has 0 bridgehead atoms. The van der Waals surface area contributed by atoms with Gasteiger partial charge in [-0.05, 0) is 38.5 Å². The van der Waals surface area contributed by atoms with Crippen molar-refractivity contribution in [2.24, 2.45) is 0 Å². The monoisotopic (exact) mass is 434 g/mol. The zero-order chi connectivity index (χ0) is 22.9. The van der Waals surface area contributed by atoms with E-state index in [4.69, 9.17) is 4.74 Å². The van der Waals surface area contributed by atoms with Gasteiger partial charge in [-0.1, -0.05) is 70.4 Å². The minimum atomic E-state index is -0.870. The molecule has 1 rings (SSSR count). The molecule has 31 heavy (non-hydrogen) atoms. The summed E-state index contributed by atoms with van der Waals surface area (Å²) in [6.45, 7) is 3.49. The molecule has 5 heteroatoms. The molecule has 0 unspecified atom stereocenters. The number of esters is 1. The van der Waals surface area contributed by atoms with Crippen LogP contribution in [0, 0.1) is 0 Å². The summed E-state index contributed by atoms with van der Waals surface area (Å²) in [4.78, 5) is 35.6. The van der Waals surface area contributed by atoms with E-state index < -0.39 is 12.1 Å². The van der Waals surface area contributed by atoms with E-state index in [0.29, 0.717) is 6.42 Å². The molecule has 1 N–H and O–H groups in total. The number of rotatable bonds is 17. The average Bonchev–Trinajstić information content (AvgIpc) is 2.73. The summed E-state index contributed by atoms with van der Waals surface area (Å²) < 4.78 is 5.01. The van der Waals surface area contributed by atoms with Gasteiger partial charge in [-0.2, -0.15) is 0 Å². The minimum Gasteiger partial charge on any atom is -0.507 e. The average molecular weight is 435 g/mol. The molecule has 1 aliphatic carbocycles. The van der Waals surface area contributed by atoms with Crippen LogP contribution in [0.25, 0.3) is 0 Å². The van der Waals surface area contributed by atoms with Crippen LogP contribution < -0.4 is 0 Å². The molecule has 0 saturated heterocycles. The first kappa shape index (κ1) is 27.1. The highest BCUT2D eigenvalue weighted by molar-refractivity contribution is 6.21. The Kier molecular flexibility index (Phi) is 14.6. The van der Waals surface area contributed by atoms with Crippen molar-refractivity contribution in [2.75, 3.05) is 0 Å². The lowest BCUT2D eigenvalue weighted by Crippen LogP contribution is -2.30. The van der Waals surface area contributed by atoms with Crippen LogP contribution in [-0.4, -0.2) is 28.7 Å². The van der Waals surface area contributed by atoms with Gasteiger partial charge in [-0.15, -0.1) is 0 Å². The van der Waals surface area contributed by atoms with Crippen molar-refractivity contribution in [3.05, 3.63) is 23.5 Å². The summed E-state index contributed by atoms with van der Waals surface area (Å²) in [6, 6.07) is 0. The maximum atomic E-state index is 12.4. The molecule has 0 radical (unpaired) electrons. The molecular formula is C26H42O5. The van der Waals surface area contributed by atoms with E-state index in [1.165, 1.54) is 64.7 Å². The zero-order valence-electron chi connectivity index (χ0n) is 19.6. The second-order valence-electron chi connectivity index (χ2n) is 8.58. The SMILES string of the molecule is CCCCCC/C=C\CCCCCCCCCC(=O)C1=C(O)[C@@H](OC(C)=O)CCC1=O. The summed E-state index contributed by atoms with van der Waals surface area (Å²) >= 11 is 0. The van der Waals surface area contributed by atoms with E-state index in [1.807, 2.05) is 0 Å². The predicted octanol–water partition coefficient (Wildman–Crippen LogP) is 6.70. The molecule has 176 valence electrons. The minimum absolute atomic E-state index is 0.122. The number of ether oxygens (including phenoxy) is 1. The van der Waals surface area contributed by atoms with E-state index in [0.717, 1.165) is 19.3 Å². The highest BCUT2D eigenvalue weighted by Gasteiger charge is 2.33. The highest BCUT2D eigenvalue weighted by atomic mass is 16.6. The van der Waals surface area contributed by atoms with Crippen molar-refractivity contribution in [3.63, 3.8) is 0 Å². The predicted molar refractivity (Wildman–Crippen MR) is 124 cm³/mol. The van der Waals surface area contributed by atoms with Crippen molar-refractivity contribution in [3.8, 4) is 0 Å². The smallest absolute Gasteiger partial charge is 0.303 e. The molecular weight excluding hydrogens is 392 g/mol. The van der Waals surface area contributed by atoms with E-state index in [2.05, 4.69) is 19.1 Å². The number of ketones is 2. The Morgan fingerprint density at radius 3 is 2.06 bits per heavy atom. The number of hydrogen-bond donors (Lipinski definition) is 1. The van der Waals surface area contributed by atoms with Crippen LogP contribution in [0.5, 0.6) is 0 Å². The maximum absolute atomic E-state index is 12.4. The highest BCUT2D eigenvalue weighted by Crippen LogP contribution is 2.25. The molecule has 1 aliphatic rings. The molecule has 0 heterocycles. The molecule has 0 fully saturated rings. The Hall–Kier alpha value is -1.91. The number of hydrogen-bond acceptors (Lipinski definition) is 5. The Balaban J connectivity index is 2.11. The van der Waals surface area contributed by atoms with Crippen molar-refractivity contribution >= 4 is 17.5 Å². The number of unbranched alkanes of at least 4 members (excludes halogenated alkanes) is 11. The Morgan fingerprint density at radius 1 is 0.935 bits per heavy atom. The third-order valence-electron chi connectivity index (χ3n) is 5.73. The largest absolute Gasteiger partial charge is 0.507 e. The van der Waals surface area contributed by atoms with Crippen LogP contribution in [0.15, 0.2) is 23.5 Å². The van der Waals surface area contributed by atoms with Gasteiger partial charge in [-0.25, -0.2) is 0 Å². The third-order valence-corrected chi connectivity index (χ3v) is 5.73. The number of carbonyl (C=O) groups is 3. The Bertz CT molecular complexity index is 617. The molecule has 0 aromatic rings. The lowest BCUT2D eigenvalue weighted by Gasteiger charge is -2.22. The van der Waals surface area contributed by atoms with Gasteiger partial charge in [0.1, 0.15) is 11.3 Å². The number of aliphatic hydroxyl groups excluding tert-OH is 1. The fourth-order valence-electron chi connectivity index (χ4n) is 3.92. The molecule has 0 spiro atoms. The quantitative estimate of drug-likeness (QED) is 0.119. The summed E-state index contributed by atoms with van der Waals surface area (Å²) in [7, 11) is 0. The van der Waals surface area contributed by atoms with Crippen LogP contribution in [0.1, 0.15) is 117 Å². The maximum Gasteiger partial charge on any atom is 0.303 e. The van der Waals surface area contributed by atoms with Crippen LogP contribution in [-0.2, 0) is 19.1 Å². The number of carbonyl (C=O) groups excluding carboxylic acids is 3. The van der Waals surface area contributed by atoms with Gasteiger partial charge in [0.15, 0.2) is 17.7 Å². The molecule has 0 aromatic heterocycles. The van der Waals surface area contributed by atoms with E-state index in [9.17, 15) is 19.5 Å². The number of Topliss-reactive ketones (excluding diaryl/α,β-unsaturated/α-hetero) is 2. The Morgan fingerprint density at radius 2 is 1.48 bits per heavy atom. The number of allylic oxidation sites excluding steroid dienone is 3. The first-order valence-electron chi connectivity index (χ1n) is 12.3.